The number of fused-ring (bicyclic) bond motifs is 1. The molecule has 2 aromatic carbocycles. The predicted molar refractivity (Wildman–Crippen MR) is 82.4 cm³/mol. The largest absolute Gasteiger partial charge is 0.385 e. The van der Waals surface area contributed by atoms with Crippen molar-refractivity contribution < 1.29 is 4.79 Å². The maximum atomic E-state index is 12.5. The van der Waals surface area contributed by atoms with Crippen LogP contribution in [0.2, 0.25) is 0 Å². The summed E-state index contributed by atoms with van der Waals surface area (Å²) in [5.41, 5.74) is 4.94. The fourth-order valence-corrected chi connectivity index (χ4v) is 2.63. The molecular formula is C17H18N2O. The third-order valence-electron chi connectivity index (χ3n) is 3.73. The Kier molecular flexibility index (Phi) is 3.42. The van der Waals surface area contributed by atoms with E-state index in [9.17, 15) is 4.79 Å². The Morgan fingerprint density at radius 3 is 2.85 bits per heavy atom. The van der Waals surface area contributed by atoms with Crippen molar-refractivity contribution in [1.82, 2.24) is 0 Å². The van der Waals surface area contributed by atoms with Gasteiger partial charge in [0.1, 0.15) is 0 Å². The number of anilines is 2. The lowest BCUT2D eigenvalue weighted by Crippen LogP contribution is -2.19. The normalized spacial score (nSPS) is 13.2. The van der Waals surface area contributed by atoms with E-state index < -0.39 is 0 Å². The molecule has 0 aromatic heterocycles. The van der Waals surface area contributed by atoms with Crippen molar-refractivity contribution in [3.05, 3.63) is 59.2 Å². The van der Waals surface area contributed by atoms with E-state index in [1.54, 1.807) is 0 Å². The summed E-state index contributed by atoms with van der Waals surface area (Å²) in [7, 11) is 0. The second-order valence-electron chi connectivity index (χ2n) is 5.13. The highest BCUT2D eigenvalue weighted by molar-refractivity contribution is 6.06. The van der Waals surface area contributed by atoms with E-state index in [0.29, 0.717) is 0 Å². The number of carbonyl (C=O) groups excluding carboxylic acids is 1. The molecule has 20 heavy (non-hydrogen) atoms. The molecule has 0 radical (unpaired) electrons. The summed E-state index contributed by atoms with van der Waals surface area (Å²) in [5, 5.41) is 6.36. The Morgan fingerprint density at radius 2 is 2.00 bits per heavy atom. The molecule has 1 aliphatic heterocycles. The van der Waals surface area contributed by atoms with Gasteiger partial charge in [-0.05, 0) is 49.1 Å². The van der Waals surface area contributed by atoms with Gasteiger partial charge in [0.2, 0.25) is 0 Å². The molecule has 3 nitrogen and oxygen atoms in total. The van der Waals surface area contributed by atoms with Gasteiger partial charge in [0.25, 0.3) is 5.91 Å². The van der Waals surface area contributed by atoms with Gasteiger partial charge >= 0.3 is 0 Å². The smallest absolute Gasteiger partial charge is 0.256 e. The Labute approximate surface area is 119 Å². The first kappa shape index (κ1) is 12.7. The average Bonchev–Trinajstić information content (AvgIpc) is 2.49. The van der Waals surface area contributed by atoms with Crippen LogP contribution in [0, 0.1) is 6.92 Å². The Balaban J connectivity index is 1.90. The van der Waals surface area contributed by atoms with E-state index in [4.69, 9.17) is 0 Å². The Morgan fingerprint density at radius 1 is 1.15 bits per heavy atom. The average molecular weight is 266 g/mol. The van der Waals surface area contributed by atoms with E-state index >= 15 is 0 Å². The topological polar surface area (TPSA) is 41.1 Å². The van der Waals surface area contributed by atoms with Gasteiger partial charge in [0, 0.05) is 23.5 Å². The second kappa shape index (κ2) is 5.37. The molecule has 3 heteroatoms. The van der Waals surface area contributed by atoms with E-state index in [1.807, 2.05) is 49.4 Å². The number of nitrogens with one attached hydrogen (secondary N) is 2. The maximum absolute atomic E-state index is 12.5. The standard InChI is InChI=1S/C17H18N2O/c1-12-6-2-3-9-15(12)19-17(20)14-7-4-10-16-13(14)8-5-11-18-16/h2-4,6-7,9-10,18H,5,8,11H2,1H3,(H,19,20). The van der Waals surface area contributed by atoms with E-state index in [2.05, 4.69) is 10.6 Å². The molecule has 0 fully saturated rings. The molecule has 1 heterocycles. The van der Waals surface area contributed by atoms with Crippen LogP contribution in [0.4, 0.5) is 11.4 Å². The monoisotopic (exact) mass is 266 g/mol. The minimum absolute atomic E-state index is 0.0279. The fourth-order valence-electron chi connectivity index (χ4n) is 2.63. The van der Waals surface area contributed by atoms with Crippen LogP contribution in [0.25, 0.3) is 0 Å². The first-order valence-electron chi connectivity index (χ1n) is 6.98. The molecule has 3 rings (SSSR count). The van der Waals surface area contributed by atoms with Crippen LogP contribution < -0.4 is 10.6 Å². The quantitative estimate of drug-likeness (QED) is 0.872. The zero-order chi connectivity index (χ0) is 13.9. The highest BCUT2D eigenvalue weighted by Crippen LogP contribution is 2.26. The van der Waals surface area contributed by atoms with E-state index in [1.165, 1.54) is 0 Å². The number of rotatable bonds is 2. The van der Waals surface area contributed by atoms with Crippen LogP contribution in [0.5, 0.6) is 0 Å². The van der Waals surface area contributed by atoms with Gasteiger partial charge in [-0.2, -0.15) is 0 Å². The molecule has 0 spiro atoms. The predicted octanol–water partition coefficient (Wildman–Crippen LogP) is 3.61. The molecule has 2 aromatic rings. The lowest BCUT2D eigenvalue weighted by molar-refractivity contribution is 0.102. The molecule has 102 valence electrons. The minimum atomic E-state index is -0.0279. The zero-order valence-electron chi connectivity index (χ0n) is 11.6. The van der Waals surface area contributed by atoms with Crippen LogP contribution in [-0.2, 0) is 6.42 Å². The van der Waals surface area contributed by atoms with Crippen LogP contribution in [-0.4, -0.2) is 12.5 Å². The summed E-state index contributed by atoms with van der Waals surface area (Å²) in [6.45, 7) is 2.98. The van der Waals surface area contributed by atoms with Crippen LogP contribution >= 0.6 is 0 Å². The maximum Gasteiger partial charge on any atom is 0.256 e. The van der Waals surface area contributed by atoms with Crippen LogP contribution in [0.1, 0.15) is 27.9 Å². The summed E-state index contributed by atoms with van der Waals surface area (Å²) >= 11 is 0. The molecule has 1 amide bonds. The van der Waals surface area contributed by atoms with Crippen molar-refractivity contribution >= 4 is 17.3 Å². The van der Waals surface area contributed by atoms with E-state index in [-0.39, 0.29) is 5.91 Å². The van der Waals surface area contributed by atoms with Crippen molar-refractivity contribution in [2.24, 2.45) is 0 Å². The van der Waals surface area contributed by atoms with Crippen LogP contribution in [0.15, 0.2) is 42.5 Å². The number of para-hydroxylation sites is 1. The molecular weight excluding hydrogens is 248 g/mol. The van der Waals surface area contributed by atoms with Crippen molar-refractivity contribution in [2.45, 2.75) is 19.8 Å². The number of hydrogen-bond donors (Lipinski definition) is 2. The van der Waals surface area contributed by atoms with Crippen molar-refractivity contribution in [3.8, 4) is 0 Å². The molecule has 0 aliphatic carbocycles. The minimum Gasteiger partial charge on any atom is -0.385 e. The highest BCUT2D eigenvalue weighted by atomic mass is 16.1. The SMILES string of the molecule is Cc1ccccc1NC(=O)c1cccc2c1CCCN2. The summed E-state index contributed by atoms with van der Waals surface area (Å²) in [6.07, 6.45) is 2.03. The van der Waals surface area contributed by atoms with Gasteiger partial charge in [0.05, 0.1) is 0 Å². The molecule has 2 N–H and O–H groups in total. The van der Waals surface area contributed by atoms with Crippen molar-refractivity contribution in [3.63, 3.8) is 0 Å². The number of amides is 1. The molecule has 0 saturated heterocycles. The van der Waals surface area contributed by atoms with Gasteiger partial charge in [-0.15, -0.1) is 0 Å². The first-order chi connectivity index (χ1) is 9.75. The number of benzene rings is 2. The number of hydrogen-bond acceptors (Lipinski definition) is 2. The van der Waals surface area contributed by atoms with Crippen LogP contribution in [0.3, 0.4) is 0 Å². The number of carbonyl (C=O) groups is 1. The summed E-state index contributed by atoms with van der Waals surface area (Å²) in [5.74, 6) is -0.0279. The van der Waals surface area contributed by atoms with Gasteiger partial charge in [-0.1, -0.05) is 24.3 Å². The van der Waals surface area contributed by atoms with Crippen molar-refractivity contribution in [2.75, 3.05) is 17.2 Å². The van der Waals surface area contributed by atoms with Gasteiger partial charge in [-0.3, -0.25) is 4.79 Å². The zero-order valence-corrected chi connectivity index (χ0v) is 11.6. The lowest BCUT2D eigenvalue weighted by atomic mass is 9.97. The third-order valence-corrected chi connectivity index (χ3v) is 3.73. The summed E-state index contributed by atoms with van der Waals surface area (Å²) in [6, 6.07) is 13.7. The van der Waals surface area contributed by atoms with Gasteiger partial charge in [0.15, 0.2) is 0 Å². The van der Waals surface area contributed by atoms with Crippen molar-refractivity contribution in [1.29, 1.82) is 0 Å². The third kappa shape index (κ3) is 2.39. The van der Waals surface area contributed by atoms with E-state index in [0.717, 1.165) is 47.5 Å². The molecule has 1 aliphatic rings. The molecule has 0 saturated carbocycles. The molecule has 0 atom stereocenters. The number of aryl methyl sites for hydroxylation is 1. The first-order valence-corrected chi connectivity index (χ1v) is 6.98. The second-order valence-corrected chi connectivity index (χ2v) is 5.13. The Hall–Kier alpha value is -2.29. The molecule has 0 unspecified atom stereocenters. The Bertz CT molecular complexity index is 649. The molecule has 0 bridgehead atoms. The fraction of sp³-hybridized carbons (Fsp3) is 0.235. The highest BCUT2D eigenvalue weighted by Gasteiger charge is 2.17. The van der Waals surface area contributed by atoms with Gasteiger partial charge in [-0.25, -0.2) is 0 Å². The summed E-state index contributed by atoms with van der Waals surface area (Å²) < 4.78 is 0. The van der Waals surface area contributed by atoms with Gasteiger partial charge < -0.3 is 10.6 Å². The lowest BCUT2D eigenvalue weighted by Gasteiger charge is -2.20. The summed E-state index contributed by atoms with van der Waals surface area (Å²) in [4.78, 5) is 12.5.